The summed E-state index contributed by atoms with van der Waals surface area (Å²) in [5, 5.41) is 0. The van der Waals surface area contributed by atoms with Crippen molar-refractivity contribution in [1.82, 2.24) is 4.90 Å². The van der Waals surface area contributed by atoms with Crippen LogP contribution in [0.1, 0.15) is 29.3 Å². The number of carbonyl (C=O) groups is 1. The molecule has 4 nitrogen and oxygen atoms in total. The molecular formula is C15H22N2O2. The van der Waals surface area contributed by atoms with Gasteiger partial charge in [0, 0.05) is 19.1 Å². The summed E-state index contributed by atoms with van der Waals surface area (Å²) in [4.78, 5) is 14.6. The quantitative estimate of drug-likeness (QED) is 0.904. The minimum absolute atomic E-state index is 0.0281. The van der Waals surface area contributed by atoms with Gasteiger partial charge in [-0.2, -0.15) is 0 Å². The Morgan fingerprint density at radius 2 is 2.26 bits per heavy atom. The average molecular weight is 262 g/mol. The summed E-state index contributed by atoms with van der Waals surface area (Å²) < 4.78 is 5.30. The lowest BCUT2D eigenvalue weighted by Gasteiger charge is -2.26. The highest BCUT2D eigenvalue weighted by Gasteiger charge is 2.34. The first-order chi connectivity index (χ1) is 9.08. The molecule has 4 heteroatoms. The number of nitrogens with two attached hydrogens (primary N) is 1. The third kappa shape index (κ3) is 2.59. The van der Waals surface area contributed by atoms with E-state index in [0.717, 1.165) is 18.5 Å². The van der Waals surface area contributed by atoms with Crippen molar-refractivity contribution >= 4 is 5.91 Å². The molecule has 0 aromatic heterocycles. The van der Waals surface area contributed by atoms with Crippen molar-refractivity contribution in [2.75, 3.05) is 20.2 Å². The van der Waals surface area contributed by atoms with Crippen molar-refractivity contribution in [3.05, 3.63) is 29.3 Å². The van der Waals surface area contributed by atoms with Gasteiger partial charge in [0.2, 0.25) is 0 Å². The molecule has 0 spiro atoms. The second-order valence-electron chi connectivity index (χ2n) is 5.27. The van der Waals surface area contributed by atoms with Crippen molar-refractivity contribution in [3.8, 4) is 5.75 Å². The smallest absolute Gasteiger partial charge is 0.257 e. The Hall–Kier alpha value is -1.55. The van der Waals surface area contributed by atoms with Crippen LogP contribution in [0.2, 0.25) is 0 Å². The highest BCUT2D eigenvalue weighted by Crippen LogP contribution is 2.28. The van der Waals surface area contributed by atoms with Crippen LogP contribution in [0.5, 0.6) is 5.75 Å². The maximum atomic E-state index is 12.7. The van der Waals surface area contributed by atoms with Crippen LogP contribution in [0, 0.1) is 12.8 Å². The molecule has 0 aliphatic carbocycles. The second kappa shape index (κ2) is 5.61. The van der Waals surface area contributed by atoms with Gasteiger partial charge in [0.15, 0.2) is 0 Å². The minimum Gasteiger partial charge on any atom is -0.496 e. The number of methoxy groups -OCH3 is 1. The summed E-state index contributed by atoms with van der Waals surface area (Å²) in [5.41, 5.74) is 7.50. The number of ether oxygens (including phenoxy) is 1. The van der Waals surface area contributed by atoms with Gasteiger partial charge in [-0.1, -0.05) is 18.6 Å². The Labute approximate surface area is 114 Å². The standard InChI is InChI=1S/C15H22N2O2/c1-10-4-5-14(19-3)12(8-10)15(18)17-7-6-11(2)13(17)9-16/h4-5,8,11,13H,6-7,9,16H2,1-3H3. The summed E-state index contributed by atoms with van der Waals surface area (Å²) in [5.74, 6) is 1.12. The number of aryl methyl sites for hydroxylation is 1. The van der Waals surface area contributed by atoms with Gasteiger partial charge < -0.3 is 15.4 Å². The van der Waals surface area contributed by atoms with Gasteiger partial charge >= 0.3 is 0 Å². The van der Waals surface area contributed by atoms with Crippen LogP contribution in [0.4, 0.5) is 0 Å². The number of nitrogens with zero attached hydrogens (tertiary/aromatic N) is 1. The summed E-state index contributed by atoms with van der Waals surface area (Å²) in [7, 11) is 1.59. The lowest BCUT2D eigenvalue weighted by atomic mass is 10.0. The fourth-order valence-corrected chi connectivity index (χ4v) is 2.76. The fraction of sp³-hybridized carbons (Fsp3) is 0.533. The van der Waals surface area contributed by atoms with E-state index in [9.17, 15) is 4.79 Å². The summed E-state index contributed by atoms with van der Waals surface area (Å²) in [6.45, 7) is 5.42. The van der Waals surface area contributed by atoms with E-state index in [1.165, 1.54) is 0 Å². The number of likely N-dealkylation sites (tertiary alicyclic amines) is 1. The molecule has 1 amide bonds. The van der Waals surface area contributed by atoms with Crippen molar-refractivity contribution in [2.45, 2.75) is 26.3 Å². The number of hydrogen-bond acceptors (Lipinski definition) is 3. The molecule has 1 aliphatic rings. The molecule has 0 saturated carbocycles. The SMILES string of the molecule is COc1ccc(C)cc1C(=O)N1CCC(C)C1CN. The van der Waals surface area contributed by atoms with Crippen LogP contribution in [0.15, 0.2) is 18.2 Å². The van der Waals surface area contributed by atoms with Crippen LogP contribution >= 0.6 is 0 Å². The first kappa shape index (κ1) is 13.9. The normalized spacial score (nSPS) is 22.6. The van der Waals surface area contributed by atoms with Crippen LogP contribution < -0.4 is 10.5 Å². The fourth-order valence-electron chi connectivity index (χ4n) is 2.76. The van der Waals surface area contributed by atoms with Crippen molar-refractivity contribution in [2.24, 2.45) is 11.7 Å². The second-order valence-corrected chi connectivity index (χ2v) is 5.27. The highest BCUT2D eigenvalue weighted by atomic mass is 16.5. The minimum atomic E-state index is 0.0281. The summed E-state index contributed by atoms with van der Waals surface area (Å²) in [6.07, 6.45) is 1.02. The molecule has 1 saturated heterocycles. The molecule has 0 radical (unpaired) electrons. The maximum Gasteiger partial charge on any atom is 0.257 e. The molecule has 1 heterocycles. The molecule has 2 rings (SSSR count). The van der Waals surface area contributed by atoms with Crippen molar-refractivity contribution < 1.29 is 9.53 Å². The van der Waals surface area contributed by atoms with E-state index in [4.69, 9.17) is 10.5 Å². The van der Waals surface area contributed by atoms with Gasteiger partial charge in [-0.3, -0.25) is 4.79 Å². The first-order valence-electron chi connectivity index (χ1n) is 6.74. The van der Waals surface area contributed by atoms with Gasteiger partial charge in [0.05, 0.1) is 12.7 Å². The van der Waals surface area contributed by atoms with E-state index in [0.29, 0.717) is 23.8 Å². The number of benzene rings is 1. The summed E-state index contributed by atoms with van der Waals surface area (Å²) >= 11 is 0. The number of rotatable bonds is 3. The molecule has 2 N–H and O–H groups in total. The van der Waals surface area contributed by atoms with Gasteiger partial charge in [-0.05, 0) is 31.4 Å². The predicted octanol–water partition coefficient (Wildman–Crippen LogP) is 1.81. The average Bonchev–Trinajstić information content (AvgIpc) is 2.78. The maximum absolute atomic E-state index is 12.7. The van der Waals surface area contributed by atoms with E-state index in [2.05, 4.69) is 6.92 Å². The van der Waals surface area contributed by atoms with Crippen LogP contribution in [-0.2, 0) is 0 Å². The number of hydrogen-bond donors (Lipinski definition) is 1. The molecule has 104 valence electrons. The third-order valence-electron chi connectivity index (χ3n) is 3.97. The number of carbonyl (C=O) groups excluding carboxylic acids is 1. The monoisotopic (exact) mass is 262 g/mol. The molecule has 19 heavy (non-hydrogen) atoms. The first-order valence-corrected chi connectivity index (χ1v) is 6.74. The topological polar surface area (TPSA) is 55.6 Å². The Bertz CT molecular complexity index is 473. The molecule has 1 fully saturated rings. The largest absolute Gasteiger partial charge is 0.496 e. The molecule has 1 aliphatic heterocycles. The zero-order valence-electron chi connectivity index (χ0n) is 11.8. The van der Waals surface area contributed by atoms with E-state index in [1.54, 1.807) is 7.11 Å². The molecular weight excluding hydrogens is 240 g/mol. The van der Waals surface area contributed by atoms with Crippen LogP contribution in [0.25, 0.3) is 0 Å². The Morgan fingerprint density at radius 3 is 2.89 bits per heavy atom. The van der Waals surface area contributed by atoms with Crippen molar-refractivity contribution in [1.29, 1.82) is 0 Å². The van der Waals surface area contributed by atoms with Gasteiger partial charge in [-0.25, -0.2) is 0 Å². The van der Waals surface area contributed by atoms with Crippen LogP contribution in [0.3, 0.4) is 0 Å². The van der Waals surface area contributed by atoms with E-state index in [1.807, 2.05) is 30.0 Å². The molecule has 2 atom stereocenters. The Morgan fingerprint density at radius 1 is 1.53 bits per heavy atom. The molecule has 0 bridgehead atoms. The predicted molar refractivity (Wildman–Crippen MR) is 75.4 cm³/mol. The van der Waals surface area contributed by atoms with E-state index >= 15 is 0 Å². The van der Waals surface area contributed by atoms with Gasteiger partial charge in [0.25, 0.3) is 5.91 Å². The Kier molecular flexibility index (Phi) is 4.10. The van der Waals surface area contributed by atoms with Crippen molar-refractivity contribution in [3.63, 3.8) is 0 Å². The zero-order chi connectivity index (χ0) is 14.0. The van der Waals surface area contributed by atoms with Gasteiger partial charge in [0.1, 0.15) is 5.75 Å². The molecule has 1 aromatic rings. The van der Waals surface area contributed by atoms with Gasteiger partial charge in [-0.15, -0.1) is 0 Å². The molecule has 1 aromatic carbocycles. The lowest BCUT2D eigenvalue weighted by molar-refractivity contribution is 0.0724. The van der Waals surface area contributed by atoms with Crippen LogP contribution in [-0.4, -0.2) is 37.0 Å². The Balaban J connectivity index is 2.31. The lowest BCUT2D eigenvalue weighted by Crippen LogP contribution is -2.42. The molecule has 2 unspecified atom stereocenters. The highest BCUT2D eigenvalue weighted by molar-refractivity contribution is 5.97. The van der Waals surface area contributed by atoms with E-state index < -0.39 is 0 Å². The number of amides is 1. The zero-order valence-corrected chi connectivity index (χ0v) is 11.8. The summed E-state index contributed by atoms with van der Waals surface area (Å²) in [6, 6.07) is 5.82. The third-order valence-corrected chi connectivity index (χ3v) is 3.97. The van der Waals surface area contributed by atoms with E-state index in [-0.39, 0.29) is 11.9 Å².